The van der Waals surface area contributed by atoms with Crippen LogP contribution < -0.4 is 11.3 Å². The zero-order chi connectivity index (χ0) is 13.2. The molecule has 1 fully saturated rings. The Labute approximate surface area is 114 Å². The molecule has 0 aromatic carbocycles. The summed E-state index contributed by atoms with van der Waals surface area (Å²) in [5.74, 6) is 5.89. The van der Waals surface area contributed by atoms with Crippen molar-refractivity contribution < 1.29 is 0 Å². The highest BCUT2D eigenvalue weighted by Crippen LogP contribution is 2.38. The lowest BCUT2D eigenvalue weighted by molar-refractivity contribution is 0.0839. The number of nitrogens with zero attached hydrogens (tertiary/aromatic N) is 1. The summed E-state index contributed by atoms with van der Waals surface area (Å²) < 4.78 is 0. The molecule has 1 aliphatic heterocycles. The first-order valence-electron chi connectivity index (χ1n) is 6.88. The van der Waals surface area contributed by atoms with Crippen molar-refractivity contribution in [1.29, 1.82) is 0 Å². The molecule has 1 aromatic rings. The number of hydrogen-bond donors (Lipinski definition) is 2. The van der Waals surface area contributed by atoms with E-state index in [-0.39, 0.29) is 11.6 Å². The highest BCUT2D eigenvalue weighted by molar-refractivity contribution is 7.10. The summed E-state index contributed by atoms with van der Waals surface area (Å²) in [6, 6.07) is 2.43. The van der Waals surface area contributed by atoms with Gasteiger partial charge in [0.1, 0.15) is 0 Å². The van der Waals surface area contributed by atoms with Crippen LogP contribution in [0.5, 0.6) is 0 Å². The van der Waals surface area contributed by atoms with Crippen LogP contribution in [-0.4, -0.2) is 23.5 Å². The second-order valence-corrected chi connectivity index (χ2v) is 6.56. The molecule has 2 heterocycles. The van der Waals surface area contributed by atoms with Gasteiger partial charge in [0, 0.05) is 10.4 Å². The van der Waals surface area contributed by atoms with Gasteiger partial charge in [0.2, 0.25) is 0 Å². The van der Waals surface area contributed by atoms with Gasteiger partial charge in [-0.05, 0) is 63.2 Å². The van der Waals surface area contributed by atoms with Crippen LogP contribution in [0.3, 0.4) is 0 Å². The number of nitrogens with two attached hydrogens (primary N) is 1. The highest BCUT2D eigenvalue weighted by Gasteiger charge is 2.40. The van der Waals surface area contributed by atoms with Crippen LogP contribution in [0.25, 0.3) is 0 Å². The molecule has 18 heavy (non-hydrogen) atoms. The molecule has 0 saturated carbocycles. The van der Waals surface area contributed by atoms with E-state index in [0.29, 0.717) is 0 Å². The van der Waals surface area contributed by atoms with E-state index < -0.39 is 0 Å². The number of rotatable bonds is 5. The first-order valence-corrected chi connectivity index (χ1v) is 7.76. The van der Waals surface area contributed by atoms with Gasteiger partial charge < -0.3 is 0 Å². The fraction of sp³-hybridized carbons (Fsp3) is 0.714. The molecule has 3 N–H and O–H groups in total. The predicted molar refractivity (Wildman–Crippen MR) is 78.6 cm³/mol. The minimum atomic E-state index is 0.108. The van der Waals surface area contributed by atoms with Gasteiger partial charge in [-0.1, -0.05) is 6.92 Å². The topological polar surface area (TPSA) is 41.3 Å². The SMILES string of the molecule is CCC(C)(C(NN)c1ccsc1C)N1CCCC1. The molecule has 1 aromatic heterocycles. The molecule has 1 aliphatic rings. The summed E-state index contributed by atoms with van der Waals surface area (Å²) in [7, 11) is 0. The van der Waals surface area contributed by atoms with Crippen molar-refractivity contribution in [3.8, 4) is 0 Å². The van der Waals surface area contributed by atoms with E-state index in [1.807, 2.05) is 0 Å². The third-order valence-electron chi connectivity index (χ3n) is 4.54. The molecule has 2 atom stereocenters. The van der Waals surface area contributed by atoms with Crippen molar-refractivity contribution in [2.75, 3.05) is 13.1 Å². The number of nitrogens with one attached hydrogen (secondary N) is 1. The Morgan fingerprint density at radius 1 is 1.50 bits per heavy atom. The molecular weight excluding hydrogens is 242 g/mol. The fourth-order valence-corrected chi connectivity index (χ4v) is 3.88. The number of likely N-dealkylation sites (tertiary alicyclic amines) is 1. The van der Waals surface area contributed by atoms with E-state index in [0.717, 1.165) is 6.42 Å². The van der Waals surface area contributed by atoms with E-state index in [1.54, 1.807) is 11.3 Å². The monoisotopic (exact) mass is 267 g/mol. The van der Waals surface area contributed by atoms with Gasteiger partial charge in [-0.2, -0.15) is 0 Å². The van der Waals surface area contributed by atoms with Crippen molar-refractivity contribution >= 4 is 11.3 Å². The van der Waals surface area contributed by atoms with Gasteiger partial charge in [-0.25, -0.2) is 0 Å². The van der Waals surface area contributed by atoms with Gasteiger partial charge in [0.05, 0.1) is 6.04 Å². The van der Waals surface area contributed by atoms with Crippen LogP contribution in [0.1, 0.15) is 49.6 Å². The van der Waals surface area contributed by atoms with Gasteiger partial charge >= 0.3 is 0 Å². The summed E-state index contributed by atoms with van der Waals surface area (Å²) in [5, 5.41) is 2.16. The Balaban J connectivity index is 2.31. The van der Waals surface area contributed by atoms with Crippen molar-refractivity contribution in [2.24, 2.45) is 5.84 Å². The van der Waals surface area contributed by atoms with E-state index in [9.17, 15) is 0 Å². The predicted octanol–water partition coefficient (Wildman–Crippen LogP) is 2.83. The average molecular weight is 267 g/mol. The van der Waals surface area contributed by atoms with E-state index in [1.165, 1.54) is 36.4 Å². The molecule has 0 amide bonds. The molecular formula is C14H25N3S. The fourth-order valence-electron chi connectivity index (χ4n) is 3.14. The maximum Gasteiger partial charge on any atom is 0.0651 e. The van der Waals surface area contributed by atoms with Gasteiger partial charge in [-0.15, -0.1) is 11.3 Å². The summed E-state index contributed by atoms with van der Waals surface area (Å²) in [6.07, 6.45) is 3.74. The molecule has 0 spiro atoms. The Kier molecular flexibility index (Phi) is 4.43. The smallest absolute Gasteiger partial charge is 0.0651 e. The maximum absolute atomic E-state index is 5.89. The van der Waals surface area contributed by atoms with Crippen molar-refractivity contribution in [3.05, 3.63) is 21.9 Å². The van der Waals surface area contributed by atoms with Gasteiger partial charge in [-0.3, -0.25) is 16.2 Å². The van der Waals surface area contributed by atoms with Crippen LogP contribution in [0.2, 0.25) is 0 Å². The third kappa shape index (κ3) is 2.35. The van der Waals surface area contributed by atoms with Crippen molar-refractivity contribution in [3.63, 3.8) is 0 Å². The molecule has 102 valence electrons. The van der Waals surface area contributed by atoms with Crippen molar-refractivity contribution in [1.82, 2.24) is 10.3 Å². The lowest BCUT2D eigenvalue weighted by Crippen LogP contribution is -2.54. The largest absolute Gasteiger partial charge is 0.296 e. The summed E-state index contributed by atoms with van der Waals surface area (Å²) in [5.41, 5.74) is 4.55. The first kappa shape index (κ1) is 14.0. The normalized spacial score (nSPS) is 22.0. The number of aryl methyl sites for hydroxylation is 1. The van der Waals surface area contributed by atoms with Crippen LogP contribution >= 0.6 is 11.3 Å². The minimum absolute atomic E-state index is 0.108. The molecule has 2 rings (SSSR count). The van der Waals surface area contributed by atoms with Gasteiger partial charge in [0.15, 0.2) is 0 Å². The van der Waals surface area contributed by atoms with E-state index in [2.05, 4.69) is 42.5 Å². The molecule has 3 nitrogen and oxygen atoms in total. The molecule has 0 radical (unpaired) electrons. The second kappa shape index (κ2) is 5.70. The molecule has 1 saturated heterocycles. The molecule has 4 heteroatoms. The highest BCUT2D eigenvalue weighted by atomic mass is 32.1. The van der Waals surface area contributed by atoms with Crippen molar-refractivity contribution in [2.45, 2.75) is 51.6 Å². The maximum atomic E-state index is 5.89. The number of hydrazine groups is 1. The molecule has 2 unspecified atom stereocenters. The van der Waals surface area contributed by atoms with Crippen LogP contribution in [0.15, 0.2) is 11.4 Å². The summed E-state index contributed by atoms with van der Waals surface area (Å²) in [4.78, 5) is 3.98. The zero-order valence-electron chi connectivity index (χ0n) is 11.7. The quantitative estimate of drug-likeness (QED) is 0.637. The van der Waals surface area contributed by atoms with Crippen LogP contribution in [-0.2, 0) is 0 Å². The number of thiophene rings is 1. The lowest BCUT2D eigenvalue weighted by Gasteiger charge is -2.44. The van der Waals surface area contributed by atoms with Crippen LogP contribution in [0.4, 0.5) is 0 Å². The molecule has 0 aliphatic carbocycles. The first-order chi connectivity index (χ1) is 8.63. The molecule has 0 bridgehead atoms. The minimum Gasteiger partial charge on any atom is -0.296 e. The number of hydrogen-bond acceptors (Lipinski definition) is 4. The Bertz CT molecular complexity index is 384. The Morgan fingerprint density at radius 2 is 2.17 bits per heavy atom. The van der Waals surface area contributed by atoms with E-state index in [4.69, 9.17) is 5.84 Å². The summed E-state index contributed by atoms with van der Waals surface area (Å²) in [6.45, 7) is 9.20. The van der Waals surface area contributed by atoms with E-state index >= 15 is 0 Å². The lowest BCUT2D eigenvalue weighted by atomic mass is 9.83. The standard InChI is InChI=1S/C14H25N3S/c1-4-14(3,17-8-5-6-9-17)13(16-15)12-7-10-18-11(12)2/h7,10,13,16H,4-6,8-9,15H2,1-3H3. The zero-order valence-corrected chi connectivity index (χ0v) is 12.5. The Morgan fingerprint density at radius 3 is 2.61 bits per heavy atom. The third-order valence-corrected chi connectivity index (χ3v) is 5.40. The average Bonchev–Trinajstić information content (AvgIpc) is 3.02. The van der Waals surface area contributed by atoms with Crippen LogP contribution in [0, 0.1) is 6.92 Å². The summed E-state index contributed by atoms with van der Waals surface area (Å²) >= 11 is 1.80. The Hall–Kier alpha value is -0.420. The second-order valence-electron chi connectivity index (χ2n) is 5.44. The van der Waals surface area contributed by atoms with Gasteiger partial charge in [0.25, 0.3) is 0 Å².